The molecule has 0 radical (unpaired) electrons. The Hall–Kier alpha value is -2.84. The molecular weight excluding hydrogens is 292 g/mol. The lowest BCUT2D eigenvalue weighted by atomic mass is 10.0. The van der Waals surface area contributed by atoms with Crippen molar-refractivity contribution in [3.8, 4) is 6.19 Å². The van der Waals surface area contributed by atoms with Crippen LogP contribution in [0.1, 0.15) is 5.56 Å². The summed E-state index contributed by atoms with van der Waals surface area (Å²) in [6.45, 7) is 0. The highest BCUT2D eigenvalue weighted by atomic mass is 32.1. The van der Waals surface area contributed by atoms with Crippen LogP contribution in [0.4, 0.5) is 5.69 Å². The van der Waals surface area contributed by atoms with Crippen LogP contribution in [0, 0.1) is 11.5 Å². The van der Waals surface area contributed by atoms with Crippen molar-refractivity contribution >= 4 is 22.9 Å². The first-order valence-electron chi connectivity index (χ1n) is 6.74. The Morgan fingerprint density at radius 1 is 1.05 bits per heavy atom. The van der Waals surface area contributed by atoms with Crippen LogP contribution in [0.25, 0.3) is 0 Å². The molecule has 5 heteroatoms. The molecule has 0 heterocycles. The van der Waals surface area contributed by atoms with Crippen LogP contribution in [-0.2, 0) is 6.42 Å². The molecular formula is C17H16N4S. The molecule has 22 heavy (non-hydrogen) atoms. The standard InChI is InChI=1S/C17H16N4S/c18-12-20-16(19)15(11-13-7-3-1-4-8-13)17(22)21-14-9-5-2-6-10-14/h1-10,20H,11,19H2,(H,21,22)/b16-15-. The summed E-state index contributed by atoms with van der Waals surface area (Å²) < 4.78 is 0. The fourth-order valence-electron chi connectivity index (χ4n) is 1.96. The maximum absolute atomic E-state index is 8.78. The van der Waals surface area contributed by atoms with E-state index in [1.165, 1.54) is 0 Å². The van der Waals surface area contributed by atoms with Crippen molar-refractivity contribution in [2.45, 2.75) is 6.42 Å². The van der Waals surface area contributed by atoms with Crippen molar-refractivity contribution in [1.29, 1.82) is 5.26 Å². The zero-order valence-electron chi connectivity index (χ0n) is 11.9. The Kier molecular flexibility index (Phi) is 5.52. The first kappa shape index (κ1) is 15.5. The van der Waals surface area contributed by atoms with E-state index in [1.807, 2.05) is 66.9 Å². The van der Waals surface area contributed by atoms with Gasteiger partial charge in [0.2, 0.25) is 0 Å². The third kappa shape index (κ3) is 4.33. The zero-order valence-corrected chi connectivity index (χ0v) is 12.7. The van der Waals surface area contributed by atoms with E-state index in [4.69, 9.17) is 23.2 Å². The second-order valence-corrected chi connectivity index (χ2v) is 5.02. The second-order valence-electron chi connectivity index (χ2n) is 4.61. The smallest absolute Gasteiger partial charge is 0.182 e. The molecule has 0 aliphatic heterocycles. The molecule has 2 aromatic rings. The van der Waals surface area contributed by atoms with E-state index in [1.54, 1.807) is 0 Å². The molecule has 0 aliphatic rings. The SMILES string of the molecule is N#CN/C(N)=C(/Cc1ccccc1)C(=S)Nc1ccccc1. The quantitative estimate of drug-likeness (QED) is 0.343. The van der Waals surface area contributed by atoms with Gasteiger partial charge in [0, 0.05) is 17.7 Å². The number of nitrogens with zero attached hydrogens (tertiary/aromatic N) is 1. The van der Waals surface area contributed by atoms with Crippen LogP contribution < -0.4 is 16.4 Å². The third-order valence-corrected chi connectivity index (χ3v) is 3.39. The molecule has 4 nitrogen and oxygen atoms in total. The molecule has 0 aromatic heterocycles. The van der Waals surface area contributed by atoms with Gasteiger partial charge in [0.05, 0.1) is 0 Å². The van der Waals surface area contributed by atoms with Gasteiger partial charge in [0.1, 0.15) is 10.8 Å². The maximum atomic E-state index is 8.78. The number of hydrogen-bond acceptors (Lipinski definition) is 4. The van der Waals surface area contributed by atoms with Gasteiger partial charge in [0.25, 0.3) is 0 Å². The monoisotopic (exact) mass is 308 g/mol. The van der Waals surface area contributed by atoms with Crippen molar-refractivity contribution in [2.75, 3.05) is 5.32 Å². The molecule has 0 aliphatic carbocycles. The van der Waals surface area contributed by atoms with E-state index in [2.05, 4.69) is 10.6 Å². The summed E-state index contributed by atoms with van der Waals surface area (Å²) in [5.41, 5.74) is 8.58. The first-order chi connectivity index (χ1) is 10.7. The number of hydrogen-bond donors (Lipinski definition) is 3. The van der Waals surface area contributed by atoms with Gasteiger partial charge in [-0.3, -0.25) is 5.32 Å². The van der Waals surface area contributed by atoms with Gasteiger partial charge < -0.3 is 11.1 Å². The summed E-state index contributed by atoms with van der Waals surface area (Å²) in [7, 11) is 0. The first-order valence-corrected chi connectivity index (χ1v) is 7.15. The van der Waals surface area contributed by atoms with Crippen LogP contribution in [0.3, 0.4) is 0 Å². The van der Waals surface area contributed by atoms with E-state index in [9.17, 15) is 0 Å². The average molecular weight is 308 g/mol. The lowest BCUT2D eigenvalue weighted by Crippen LogP contribution is -2.25. The Labute approximate surface area is 135 Å². The number of thiocarbonyl (C=S) groups is 1. The lowest BCUT2D eigenvalue weighted by Gasteiger charge is -2.14. The summed E-state index contributed by atoms with van der Waals surface area (Å²) in [4.78, 5) is 0.496. The normalized spacial score (nSPS) is 11.0. The number of benzene rings is 2. The number of nitriles is 1. The minimum atomic E-state index is 0.264. The molecule has 2 aromatic carbocycles. The average Bonchev–Trinajstić information content (AvgIpc) is 2.54. The molecule has 0 saturated carbocycles. The Morgan fingerprint density at radius 2 is 1.64 bits per heavy atom. The number of para-hydroxylation sites is 1. The summed E-state index contributed by atoms with van der Waals surface area (Å²) in [5.74, 6) is 0.264. The molecule has 0 fully saturated rings. The fourth-order valence-corrected chi connectivity index (χ4v) is 2.26. The van der Waals surface area contributed by atoms with Gasteiger partial charge in [-0.1, -0.05) is 60.7 Å². The van der Waals surface area contributed by atoms with Gasteiger partial charge in [0.15, 0.2) is 6.19 Å². The van der Waals surface area contributed by atoms with E-state index in [0.717, 1.165) is 11.3 Å². The van der Waals surface area contributed by atoms with Gasteiger partial charge in [-0.05, 0) is 17.7 Å². The highest BCUT2D eigenvalue weighted by Crippen LogP contribution is 2.14. The summed E-state index contributed by atoms with van der Waals surface area (Å²) in [6.07, 6.45) is 2.37. The zero-order chi connectivity index (χ0) is 15.8. The van der Waals surface area contributed by atoms with Gasteiger partial charge >= 0.3 is 0 Å². The molecule has 4 N–H and O–H groups in total. The maximum Gasteiger partial charge on any atom is 0.182 e. The number of nitrogens with two attached hydrogens (primary N) is 1. The van der Waals surface area contributed by atoms with Gasteiger partial charge in [-0.2, -0.15) is 5.26 Å². The number of rotatable bonds is 5. The van der Waals surface area contributed by atoms with E-state index < -0.39 is 0 Å². The van der Waals surface area contributed by atoms with Crippen LogP contribution in [-0.4, -0.2) is 4.99 Å². The Bertz CT molecular complexity index is 702. The second kappa shape index (κ2) is 7.81. The van der Waals surface area contributed by atoms with Crippen molar-refractivity contribution < 1.29 is 0 Å². The number of nitrogens with one attached hydrogen (secondary N) is 2. The third-order valence-electron chi connectivity index (χ3n) is 3.05. The van der Waals surface area contributed by atoms with E-state index in [0.29, 0.717) is 17.0 Å². The van der Waals surface area contributed by atoms with Crippen LogP contribution in [0.5, 0.6) is 0 Å². The largest absolute Gasteiger partial charge is 0.384 e. The minimum Gasteiger partial charge on any atom is -0.384 e. The summed E-state index contributed by atoms with van der Waals surface area (Å²) in [6, 6.07) is 19.4. The van der Waals surface area contributed by atoms with Gasteiger partial charge in [-0.15, -0.1) is 0 Å². The molecule has 0 spiro atoms. The molecule has 2 rings (SSSR count). The summed E-state index contributed by atoms with van der Waals surface area (Å²) in [5, 5.41) is 14.4. The fraction of sp³-hybridized carbons (Fsp3) is 0.0588. The molecule has 0 atom stereocenters. The molecule has 0 bridgehead atoms. The highest BCUT2D eigenvalue weighted by Gasteiger charge is 2.11. The molecule has 0 amide bonds. The lowest BCUT2D eigenvalue weighted by molar-refractivity contribution is 0.995. The van der Waals surface area contributed by atoms with Crippen LogP contribution in [0.15, 0.2) is 72.1 Å². The molecule has 0 saturated heterocycles. The van der Waals surface area contributed by atoms with Crippen LogP contribution in [0.2, 0.25) is 0 Å². The number of anilines is 1. The van der Waals surface area contributed by atoms with Crippen LogP contribution >= 0.6 is 12.2 Å². The van der Waals surface area contributed by atoms with E-state index >= 15 is 0 Å². The van der Waals surface area contributed by atoms with E-state index in [-0.39, 0.29) is 5.82 Å². The topological polar surface area (TPSA) is 73.9 Å². The predicted molar refractivity (Wildman–Crippen MR) is 92.8 cm³/mol. The highest BCUT2D eigenvalue weighted by molar-refractivity contribution is 7.81. The predicted octanol–water partition coefficient (Wildman–Crippen LogP) is 2.91. The van der Waals surface area contributed by atoms with Crippen molar-refractivity contribution in [1.82, 2.24) is 5.32 Å². The van der Waals surface area contributed by atoms with Crippen molar-refractivity contribution in [3.05, 3.63) is 77.6 Å². The van der Waals surface area contributed by atoms with Gasteiger partial charge in [-0.25, -0.2) is 0 Å². The van der Waals surface area contributed by atoms with Crippen molar-refractivity contribution in [2.24, 2.45) is 5.73 Å². The minimum absolute atomic E-state index is 0.264. The molecule has 110 valence electrons. The van der Waals surface area contributed by atoms with Crippen molar-refractivity contribution in [3.63, 3.8) is 0 Å². The Balaban J connectivity index is 2.23. The Morgan fingerprint density at radius 3 is 2.23 bits per heavy atom. The molecule has 0 unspecified atom stereocenters. The summed E-state index contributed by atoms with van der Waals surface area (Å²) >= 11 is 5.45.